The molecule has 0 spiro atoms. The van der Waals surface area contributed by atoms with E-state index in [0.717, 1.165) is 17.9 Å². The van der Waals surface area contributed by atoms with Crippen LogP contribution in [-0.2, 0) is 6.54 Å². The van der Waals surface area contributed by atoms with Crippen LogP contribution in [0.15, 0.2) is 23.8 Å². The minimum atomic E-state index is 0.660. The van der Waals surface area contributed by atoms with Gasteiger partial charge in [0.1, 0.15) is 18.0 Å². The molecule has 6 heteroatoms. The second-order valence-corrected chi connectivity index (χ2v) is 4.78. The van der Waals surface area contributed by atoms with Crippen molar-refractivity contribution in [3.05, 3.63) is 34.3 Å². The van der Waals surface area contributed by atoms with E-state index < -0.39 is 0 Å². The molecule has 0 aliphatic rings. The third-order valence-electron chi connectivity index (χ3n) is 2.53. The molecule has 17 heavy (non-hydrogen) atoms. The first-order chi connectivity index (χ1) is 8.22. The molecule has 2 heterocycles. The molecule has 0 radical (unpaired) electrons. The van der Waals surface area contributed by atoms with Gasteiger partial charge in [0.15, 0.2) is 0 Å². The van der Waals surface area contributed by atoms with Crippen LogP contribution in [0.4, 0.5) is 11.6 Å². The molecule has 0 saturated heterocycles. The number of hydrogen-bond acceptors (Lipinski definition) is 6. The molecule has 0 amide bonds. The number of aromatic nitrogens is 2. The number of nitrogens with zero attached hydrogens (tertiary/aromatic N) is 3. The fourth-order valence-corrected chi connectivity index (χ4v) is 2.44. The van der Waals surface area contributed by atoms with E-state index in [4.69, 9.17) is 5.84 Å². The van der Waals surface area contributed by atoms with Gasteiger partial charge in [-0.25, -0.2) is 15.8 Å². The maximum absolute atomic E-state index is 5.40. The summed E-state index contributed by atoms with van der Waals surface area (Å²) >= 11 is 1.74. The number of hydrazine groups is 1. The zero-order chi connectivity index (χ0) is 12.3. The number of anilines is 2. The second kappa shape index (κ2) is 5.11. The zero-order valence-corrected chi connectivity index (χ0v) is 10.7. The Morgan fingerprint density at radius 3 is 2.94 bits per heavy atom. The molecular weight excluding hydrogens is 234 g/mol. The molecule has 0 aliphatic heterocycles. The summed E-state index contributed by atoms with van der Waals surface area (Å²) in [6.45, 7) is 2.79. The second-order valence-electron chi connectivity index (χ2n) is 3.75. The minimum absolute atomic E-state index is 0.660. The first-order valence-electron chi connectivity index (χ1n) is 5.24. The summed E-state index contributed by atoms with van der Waals surface area (Å²) in [7, 11) is 2.01. The number of hydrogen-bond donors (Lipinski definition) is 2. The van der Waals surface area contributed by atoms with E-state index in [1.165, 1.54) is 11.2 Å². The van der Waals surface area contributed by atoms with E-state index in [9.17, 15) is 0 Å². The third kappa shape index (κ3) is 2.54. The van der Waals surface area contributed by atoms with Crippen LogP contribution in [0, 0.1) is 6.92 Å². The SMILES string of the molecule is Cc1c(NN)ncnc1N(C)Cc1cccs1. The Morgan fingerprint density at radius 1 is 1.47 bits per heavy atom. The minimum Gasteiger partial charge on any atom is -0.354 e. The summed E-state index contributed by atoms with van der Waals surface area (Å²) in [5.74, 6) is 6.95. The van der Waals surface area contributed by atoms with E-state index in [2.05, 4.69) is 31.7 Å². The smallest absolute Gasteiger partial charge is 0.148 e. The standard InChI is InChI=1S/C11H15N5S/c1-8-10(15-12)13-7-14-11(8)16(2)6-9-4-3-5-17-9/h3-5,7H,6,12H2,1-2H3,(H,13,14,15). The van der Waals surface area contributed by atoms with Gasteiger partial charge in [-0.3, -0.25) is 0 Å². The van der Waals surface area contributed by atoms with E-state index >= 15 is 0 Å². The summed E-state index contributed by atoms with van der Waals surface area (Å²) in [4.78, 5) is 11.7. The summed E-state index contributed by atoms with van der Waals surface area (Å²) in [6.07, 6.45) is 1.52. The molecule has 0 unspecified atom stereocenters. The third-order valence-corrected chi connectivity index (χ3v) is 3.39. The van der Waals surface area contributed by atoms with Gasteiger partial charge in [0, 0.05) is 17.5 Å². The molecule has 2 aromatic rings. The highest BCUT2D eigenvalue weighted by Crippen LogP contribution is 2.22. The van der Waals surface area contributed by atoms with Crippen LogP contribution in [-0.4, -0.2) is 17.0 Å². The highest BCUT2D eigenvalue weighted by molar-refractivity contribution is 7.09. The van der Waals surface area contributed by atoms with Gasteiger partial charge in [0.2, 0.25) is 0 Å². The number of nitrogens with one attached hydrogen (secondary N) is 1. The van der Waals surface area contributed by atoms with Crippen LogP contribution >= 0.6 is 11.3 Å². The van der Waals surface area contributed by atoms with E-state index in [0.29, 0.717) is 5.82 Å². The van der Waals surface area contributed by atoms with Gasteiger partial charge in [-0.05, 0) is 18.4 Å². The molecule has 0 atom stereocenters. The average Bonchev–Trinajstić information content (AvgIpc) is 2.82. The van der Waals surface area contributed by atoms with Crippen molar-refractivity contribution < 1.29 is 0 Å². The van der Waals surface area contributed by atoms with Crippen LogP contribution < -0.4 is 16.2 Å². The Labute approximate surface area is 104 Å². The van der Waals surface area contributed by atoms with E-state index in [-0.39, 0.29) is 0 Å². The lowest BCUT2D eigenvalue weighted by atomic mass is 10.3. The van der Waals surface area contributed by atoms with Crippen molar-refractivity contribution in [2.45, 2.75) is 13.5 Å². The van der Waals surface area contributed by atoms with Crippen LogP contribution in [0.3, 0.4) is 0 Å². The first kappa shape index (κ1) is 11.8. The Hall–Kier alpha value is -1.66. The van der Waals surface area contributed by atoms with Crippen molar-refractivity contribution in [1.82, 2.24) is 9.97 Å². The van der Waals surface area contributed by atoms with Crippen molar-refractivity contribution in [1.29, 1.82) is 0 Å². The van der Waals surface area contributed by atoms with Crippen LogP contribution in [0.5, 0.6) is 0 Å². The molecule has 5 nitrogen and oxygen atoms in total. The highest BCUT2D eigenvalue weighted by Gasteiger charge is 2.10. The molecule has 2 rings (SSSR count). The van der Waals surface area contributed by atoms with Crippen molar-refractivity contribution in [2.75, 3.05) is 17.4 Å². The molecular formula is C11H15N5S. The monoisotopic (exact) mass is 249 g/mol. The van der Waals surface area contributed by atoms with Gasteiger partial charge >= 0.3 is 0 Å². The topological polar surface area (TPSA) is 67.1 Å². The first-order valence-corrected chi connectivity index (χ1v) is 6.12. The molecule has 0 saturated carbocycles. The molecule has 0 fully saturated rings. The lowest BCUT2D eigenvalue weighted by Gasteiger charge is -2.20. The van der Waals surface area contributed by atoms with Gasteiger partial charge in [0.05, 0.1) is 6.54 Å². The number of rotatable bonds is 4. The fourth-order valence-electron chi connectivity index (χ4n) is 1.68. The number of thiophene rings is 1. The van der Waals surface area contributed by atoms with E-state index in [1.807, 2.05) is 20.0 Å². The summed E-state index contributed by atoms with van der Waals surface area (Å²) in [5, 5.41) is 2.07. The Balaban J connectivity index is 2.22. The Morgan fingerprint density at radius 2 is 2.29 bits per heavy atom. The van der Waals surface area contributed by atoms with Crippen molar-refractivity contribution in [2.24, 2.45) is 5.84 Å². The zero-order valence-electron chi connectivity index (χ0n) is 9.84. The lowest BCUT2D eigenvalue weighted by Crippen LogP contribution is -2.20. The number of nitrogen functional groups attached to an aromatic ring is 1. The maximum Gasteiger partial charge on any atom is 0.148 e. The Kier molecular flexibility index (Phi) is 3.55. The van der Waals surface area contributed by atoms with Crippen molar-refractivity contribution in [3.8, 4) is 0 Å². The van der Waals surface area contributed by atoms with Gasteiger partial charge < -0.3 is 10.3 Å². The van der Waals surface area contributed by atoms with Crippen LogP contribution in [0.25, 0.3) is 0 Å². The average molecular weight is 249 g/mol. The van der Waals surface area contributed by atoms with Gasteiger partial charge in [-0.1, -0.05) is 6.07 Å². The molecule has 0 aliphatic carbocycles. The van der Waals surface area contributed by atoms with E-state index in [1.54, 1.807) is 11.3 Å². The van der Waals surface area contributed by atoms with Crippen LogP contribution in [0.2, 0.25) is 0 Å². The largest absolute Gasteiger partial charge is 0.354 e. The predicted molar refractivity (Wildman–Crippen MR) is 71.0 cm³/mol. The van der Waals surface area contributed by atoms with Crippen molar-refractivity contribution in [3.63, 3.8) is 0 Å². The van der Waals surface area contributed by atoms with Crippen LogP contribution in [0.1, 0.15) is 10.4 Å². The summed E-state index contributed by atoms with van der Waals surface area (Å²) in [5.41, 5.74) is 3.53. The molecule has 90 valence electrons. The fraction of sp³-hybridized carbons (Fsp3) is 0.273. The van der Waals surface area contributed by atoms with Gasteiger partial charge in [0.25, 0.3) is 0 Å². The molecule has 0 bridgehead atoms. The maximum atomic E-state index is 5.40. The van der Waals surface area contributed by atoms with Gasteiger partial charge in [-0.15, -0.1) is 11.3 Å². The quantitative estimate of drug-likeness (QED) is 0.638. The predicted octanol–water partition coefficient (Wildman–Crippen LogP) is 1.77. The summed E-state index contributed by atoms with van der Waals surface area (Å²) < 4.78 is 0. The van der Waals surface area contributed by atoms with Gasteiger partial charge in [-0.2, -0.15) is 0 Å². The summed E-state index contributed by atoms with van der Waals surface area (Å²) in [6, 6.07) is 4.16. The molecule has 2 aromatic heterocycles. The molecule has 0 aromatic carbocycles. The number of nitrogens with two attached hydrogens (primary N) is 1. The lowest BCUT2D eigenvalue weighted by molar-refractivity contribution is 0.894. The van der Waals surface area contributed by atoms with Crippen molar-refractivity contribution >= 4 is 23.0 Å². The normalized spacial score (nSPS) is 10.3. The highest BCUT2D eigenvalue weighted by atomic mass is 32.1. The Bertz CT molecular complexity index is 483. The molecule has 3 N–H and O–H groups in total.